The molecule has 2 rings (SSSR count). The van der Waals surface area contributed by atoms with Crippen molar-refractivity contribution in [2.75, 3.05) is 11.9 Å². The smallest absolute Gasteiger partial charge is 0.189 e. The van der Waals surface area contributed by atoms with Crippen LogP contribution >= 0.6 is 11.3 Å². The lowest BCUT2D eigenvalue weighted by Gasteiger charge is -2.16. The van der Waals surface area contributed by atoms with Crippen molar-refractivity contribution in [2.24, 2.45) is 0 Å². The molecule has 4 heteroatoms. The normalized spacial score (nSPS) is 11.0. The second-order valence-electron chi connectivity index (χ2n) is 5.04. The number of hydrogen-bond donors (Lipinski definition) is 1. The van der Waals surface area contributed by atoms with Crippen LogP contribution in [0.2, 0.25) is 0 Å². The Bertz CT molecular complexity index is 534. The molecule has 0 aliphatic heterocycles. The zero-order valence-corrected chi connectivity index (χ0v) is 12.8. The largest absolute Gasteiger partial charge is 0.321 e. The number of nitrogens with one attached hydrogen (secondary N) is 1. The van der Waals surface area contributed by atoms with Crippen LogP contribution in [0.5, 0.6) is 0 Å². The van der Waals surface area contributed by atoms with Gasteiger partial charge in [-0.2, -0.15) is 0 Å². The fourth-order valence-electron chi connectivity index (χ4n) is 1.79. The monoisotopic (exact) mass is 275 g/mol. The molecule has 1 N–H and O–H groups in total. The molecule has 3 nitrogen and oxygen atoms in total. The first-order chi connectivity index (χ1) is 9.06. The summed E-state index contributed by atoms with van der Waals surface area (Å²) in [6, 6.07) is 8.97. The minimum absolute atomic E-state index is 0.500. The van der Waals surface area contributed by atoms with E-state index in [1.807, 2.05) is 6.20 Å². The van der Waals surface area contributed by atoms with Gasteiger partial charge in [-0.15, -0.1) is 11.3 Å². The van der Waals surface area contributed by atoms with Crippen LogP contribution in [0.15, 0.2) is 30.5 Å². The SMILES string of the molecule is Cc1cccc(N(C)c2ncc(CNC(C)C)s2)c1. The molecular weight excluding hydrogens is 254 g/mol. The van der Waals surface area contributed by atoms with Crippen molar-refractivity contribution in [3.8, 4) is 0 Å². The zero-order chi connectivity index (χ0) is 13.8. The van der Waals surface area contributed by atoms with Gasteiger partial charge in [-0.05, 0) is 24.6 Å². The van der Waals surface area contributed by atoms with Crippen LogP contribution in [0.4, 0.5) is 10.8 Å². The van der Waals surface area contributed by atoms with Crippen LogP contribution in [-0.4, -0.2) is 18.1 Å². The van der Waals surface area contributed by atoms with E-state index in [1.165, 1.54) is 16.1 Å². The summed E-state index contributed by atoms with van der Waals surface area (Å²) in [6.07, 6.45) is 1.96. The lowest BCUT2D eigenvalue weighted by Crippen LogP contribution is -2.21. The minimum atomic E-state index is 0.500. The van der Waals surface area contributed by atoms with E-state index in [1.54, 1.807) is 11.3 Å². The van der Waals surface area contributed by atoms with Crippen LogP contribution < -0.4 is 10.2 Å². The Morgan fingerprint density at radius 2 is 2.16 bits per heavy atom. The molecule has 0 atom stereocenters. The van der Waals surface area contributed by atoms with E-state index < -0.39 is 0 Å². The van der Waals surface area contributed by atoms with Gasteiger partial charge in [0, 0.05) is 36.4 Å². The van der Waals surface area contributed by atoms with Gasteiger partial charge in [-0.1, -0.05) is 26.0 Å². The highest BCUT2D eigenvalue weighted by Crippen LogP contribution is 2.28. The Balaban J connectivity index is 2.09. The van der Waals surface area contributed by atoms with E-state index in [9.17, 15) is 0 Å². The summed E-state index contributed by atoms with van der Waals surface area (Å²) in [6.45, 7) is 7.30. The van der Waals surface area contributed by atoms with Gasteiger partial charge >= 0.3 is 0 Å². The zero-order valence-electron chi connectivity index (χ0n) is 12.0. The van der Waals surface area contributed by atoms with Crippen LogP contribution in [-0.2, 0) is 6.54 Å². The Kier molecular flexibility index (Phi) is 4.56. The Labute approximate surface area is 119 Å². The average molecular weight is 275 g/mol. The summed E-state index contributed by atoms with van der Waals surface area (Å²) >= 11 is 1.74. The number of aryl methyl sites for hydroxylation is 1. The Morgan fingerprint density at radius 1 is 1.37 bits per heavy atom. The van der Waals surface area contributed by atoms with Gasteiger partial charge in [0.2, 0.25) is 0 Å². The van der Waals surface area contributed by atoms with E-state index in [2.05, 4.69) is 67.3 Å². The molecule has 0 saturated carbocycles. The van der Waals surface area contributed by atoms with E-state index in [0.29, 0.717) is 6.04 Å². The summed E-state index contributed by atoms with van der Waals surface area (Å²) in [5.74, 6) is 0. The van der Waals surface area contributed by atoms with Crippen molar-refractivity contribution in [3.05, 3.63) is 40.9 Å². The van der Waals surface area contributed by atoms with Crippen molar-refractivity contribution >= 4 is 22.2 Å². The molecule has 0 aliphatic carbocycles. The molecule has 102 valence electrons. The number of thiazole rings is 1. The number of hydrogen-bond acceptors (Lipinski definition) is 4. The molecule has 0 bridgehead atoms. The summed E-state index contributed by atoms with van der Waals surface area (Å²) in [5.41, 5.74) is 2.44. The molecule has 0 aliphatic rings. The first kappa shape index (κ1) is 14.0. The van der Waals surface area contributed by atoms with E-state index in [-0.39, 0.29) is 0 Å². The van der Waals surface area contributed by atoms with Crippen LogP contribution in [0.1, 0.15) is 24.3 Å². The van der Waals surface area contributed by atoms with Crippen LogP contribution in [0.25, 0.3) is 0 Å². The number of benzene rings is 1. The summed E-state index contributed by atoms with van der Waals surface area (Å²) in [7, 11) is 2.06. The quantitative estimate of drug-likeness (QED) is 0.901. The third kappa shape index (κ3) is 3.78. The van der Waals surface area contributed by atoms with E-state index >= 15 is 0 Å². The molecule has 0 radical (unpaired) electrons. The van der Waals surface area contributed by atoms with Gasteiger partial charge in [0.15, 0.2) is 5.13 Å². The molecule has 2 aromatic rings. The topological polar surface area (TPSA) is 28.2 Å². The van der Waals surface area contributed by atoms with Gasteiger partial charge < -0.3 is 10.2 Å². The van der Waals surface area contributed by atoms with Crippen molar-refractivity contribution in [2.45, 2.75) is 33.4 Å². The van der Waals surface area contributed by atoms with Gasteiger partial charge in [0.05, 0.1) is 0 Å². The standard InChI is InChI=1S/C15H21N3S/c1-11(2)16-9-14-10-17-15(19-14)18(4)13-7-5-6-12(3)8-13/h5-8,10-11,16H,9H2,1-4H3. The van der Waals surface area contributed by atoms with Crippen LogP contribution in [0, 0.1) is 6.92 Å². The molecule has 0 fully saturated rings. The van der Waals surface area contributed by atoms with Crippen LogP contribution in [0.3, 0.4) is 0 Å². The molecule has 1 aromatic carbocycles. The third-order valence-electron chi connectivity index (χ3n) is 2.90. The predicted molar refractivity (Wildman–Crippen MR) is 83.3 cm³/mol. The lowest BCUT2D eigenvalue weighted by atomic mass is 10.2. The summed E-state index contributed by atoms with van der Waals surface area (Å²) < 4.78 is 0. The maximum atomic E-state index is 4.50. The molecule has 0 unspecified atom stereocenters. The van der Waals surface area contributed by atoms with Gasteiger partial charge in [-0.3, -0.25) is 0 Å². The maximum Gasteiger partial charge on any atom is 0.189 e. The first-order valence-corrected chi connectivity index (χ1v) is 7.36. The molecule has 0 amide bonds. The second kappa shape index (κ2) is 6.17. The predicted octanol–water partition coefficient (Wildman–Crippen LogP) is 3.72. The van der Waals surface area contributed by atoms with Crippen molar-refractivity contribution in [3.63, 3.8) is 0 Å². The number of rotatable bonds is 5. The molecular formula is C15H21N3S. The highest BCUT2D eigenvalue weighted by molar-refractivity contribution is 7.15. The highest BCUT2D eigenvalue weighted by atomic mass is 32.1. The van der Waals surface area contributed by atoms with Gasteiger partial charge in [0.25, 0.3) is 0 Å². The first-order valence-electron chi connectivity index (χ1n) is 6.55. The lowest BCUT2D eigenvalue weighted by molar-refractivity contribution is 0.593. The summed E-state index contributed by atoms with van der Waals surface area (Å²) in [4.78, 5) is 7.91. The average Bonchev–Trinajstić information content (AvgIpc) is 2.84. The summed E-state index contributed by atoms with van der Waals surface area (Å²) in [5, 5.41) is 4.45. The number of aromatic nitrogens is 1. The number of nitrogens with zero attached hydrogens (tertiary/aromatic N) is 2. The molecule has 19 heavy (non-hydrogen) atoms. The highest BCUT2D eigenvalue weighted by Gasteiger charge is 2.09. The van der Waals surface area contributed by atoms with E-state index in [4.69, 9.17) is 0 Å². The van der Waals surface area contributed by atoms with E-state index in [0.717, 1.165) is 11.7 Å². The molecule has 1 heterocycles. The fourth-order valence-corrected chi connectivity index (χ4v) is 2.63. The third-order valence-corrected chi connectivity index (χ3v) is 3.98. The fraction of sp³-hybridized carbons (Fsp3) is 0.400. The van der Waals surface area contributed by atoms with Gasteiger partial charge in [-0.25, -0.2) is 4.98 Å². The van der Waals surface area contributed by atoms with Gasteiger partial charge in [0.1, 0.15) is 0 Å². The minimum Gasteiger partial charge on any atom is -0.321 e. The Hall–Kier alpha value is -1.39. The molecule has 0 saturated heterocycles. The Morgan fingerprint density at radius 3 is 2.84 bits per heavy atom. The number of anilines is 2. The second-order valence-corrected chi connectivity index (χ2v) is 6.14. The molecule has 0 spiro atoms. The maximum absolute atomic E-state index is 4.50. The van der Waals surface area contributed by atoms with Crippen molar-refractivity contribution in [1.29, 1.82) is 0 Å². The van der Waals surface area contributed by atoms with Crippen molar-refractivity contribution < 1.29 is 0 Å². The molecule has 1 aromatic heterocycles. The van der Waals surface area contributed by atoms with Crippen molar-refractivity contribution in [1.82, 2.24) is 10.3 Å².